The molecular weight excluding hydrogens is 460 g/mol. The van der Waals surface area contributed by atoms with Crippen molar-refractivity contribution in [2.45, 2.75) is 0 Å². The lowest BCUT2D eigenvalue weighted by Gasteiger charge is -2.29. The van der Waals surface area contributed by atoms with Gasteiger partial charge in [0.2, 0.25) is 0 Å². The molecular formula is C27H24N4O5. The smallest absolute Gasteiger partial charge is 0.345 e. The minimum atomic E-state index is -0.774. The molecule has 0 amide bonds. The Hall–Kier alpha value is -4.50. The standard InChI is InChI=1S/C27H24N4O5/c1-35-27(32)21-15-19(30-11-13-36-14-12-30)16-25(26(21)31(33)34)29-24-17-23(18-7-3-2-4-8-18)28-22-10-6-5-9-20(22)24/h2-10,15-17H,11-14H2,1H3,(H,28,29). The lowest BCUT2D eigenvalue weighted by atomic mass is 10.1. The summed E-state index contributed by atoms with van der Waals surface area (Å²) in [5.41, 5.74) is 3.42. The van der Waals surface area contributed by atoms with Crippen molar-refractivity contribution in [1.82, 2.24) is 4.98 Å². The highest BCUT2D eigenvalue weighted by molar-refractivity contribution is 6.01. The number of carbonyl (C=O) groups excluding carboxylic acids is 1. The minimum absolute atomic E-state index is 0.115. The van der Waals surface area contributed by atoms with Crippen LogP contribution in [0.4, 0.5) is 22.7 Å². The van der Waals surface area contributed by atoms with Crippen LogP contribution in [-0.4, -0.2) is 49.3 Å². The van der Waals surface area contributed by atoms with Crippen LogP contribution in [0.15, 0.2) is 72.8 Å². The van der Waals surface area contributed by atoms with Crippen molar-refractivity contribution in [2.75, 3.05) is 43.6 Å². The predicted molar refractivity (Wildman–Crippen MR) is 138 cm³/mol. The van der Waals surface area contributed by atoms with E-state index in [1.807, 2.05) is 65.6 Å². The highest BCUT2D eigenvalue weighted by atomic mass is 16.6. The number of nitro benzene ring substituents is 1. The van der Waals surface area contributed by atoms with Crippen LogP contribution < -0.4 is 10.2 Å². The highest BCUT2D eigenvalue weighted by Gasteiger charge is 2.29. The van der Waals surface area contributed by atoms with E-state index < -0.39 is 10.9 Å². The summed E-state index contributed by atoms with van der Waals surface area (Å²) in [6.45, 7) is 2.27. The minimum Gasteiger partial charge on any atom is -0.465 e. The number of pyridine rings is 1. The van der Waals surface area contributed by atoms with Gasteiger partial charge in [0.15, 0.2) is 0 Å². The number of rotatable bonds is 6. The average molecular weight is 485 g/mol. The monoisotopic (exact) mass is 484 g/mol. The van der Waals surface area contributed by atoms with Gasteiger partial charge < -0.3 is 19.7 Å². The van der Waals surface area contributed by atoms with Crippen molar-refractivity contribution in [3.8, 4) is 11.3 Å². The van der Waals surface area contributed by atoms with E-state index in [1.165, 1.54) is 13.2 Å². The fourth-order valence-corrected chi connectivity index (χ4v) is 4.36. The molecule has 1 aromatic heterocycles. The molecule has 0 spiro atoms. The third-order valence-electron chi connectivity index (χ3n) is 6.11. The Labute approximate surface area is 207 Å². The summed E-state index contributed by atoms with van der Waals surface area (Å²) in [7, 11) is 1.21. The van der Waals surface area contributed by atoms with Crippen molar-refractivity contribution >= 4 is 39.6 Å². The van der Waals surface area contributed by atoms with Gasteiger partial charge in [0.25, 0.3) is 0 Å². The number of carbonyl (C=O) groups is 1. The van der Waals surface area contributed by atoms with Gasteiger partial charge in [0.05, 0.1) is 42.1 Å². The Kier molecular flexibility index (Phi) is 6.46. The van der Waals surface area contributed by atoms with Gasteiger partial charge in [-0.3, -0.25) is 10.1 Å². The second kappa shape index (κ2) is 10.0. The summed E-state index contributed by atoms with van der Waals surface area (Å²) in [6.07, 6.45) is 0. The van der Waals surface area contributed by atoms with E-state index in [2.05, 4.69) is 5.32 Å². The molecule has 9 heteroatoms. The maximum Gasteiger partial charge on any atom is 0.345 e. The van der Waals surface area contributed by atoms with Crippen molar-refractivity contribution in [1.29, 1.82) is 0 Å². The molecule has 9 nitrogen and oxygen atoms in total. The molecule has 1 N–H and O–H groups in total. The third kappa shape index (κ3) is 4.56. The first-order valence-corrected chi connectivity index (χ1v) is 11.5. The van der Waals surface area contributed by atoms with Crippen LogP contribution in [-0.2, 0) is 9.47 Å². The van der Waals surface area contributed by atoms with E-state index in [9.17, 15) is 14.9 Å². The number of methoxy groups -OCH3 is 1. The molecule has 36 heavy (non-hydrogen) atoms. The van der Waals surface area contributed by atoms with Gasteiger partial charge in [0.1, 0.15) is 11.3 Å². The van der Waals surface area contributed by atoms with Crippen LogP contribution in [0.1, 0.15) is 10.4 Å². The molecule has 182 valence electrons. The van der Waals surface area contributed by atoms with E-state index >= 15 is 0 Å². The molecule has 0 unspecified atom stereocenters. The Balaban J connectivity index is 1.69. The van der Waals surface area contributed by atoms with Crippen LogP contribution >= 0.6 is 0 Å². The average Bonchev–Trinajstić information content (AvgIpc) is 2.93. The van der Waals surface area contributed by atoms with Gasteiger partial charge in [-0.2, -0.15) is 0 Å². The number of esters is 1. The number of morpholine rings is 1. The second-order valence-electron chi connectivity index (χ2n) is 8.30. The Morgan fingerprint density at radius 3 is 2.47 bits per heavy atom. The molecule has 0 atom stereocenters. The quantitative estimate of drug-likeness (QED) is 0.227. The maximum atomic E-state index is 12.6. The number of nitrogens with zero attached hydrogens (tertiary/aromatic N) is 3. The van der Waals surface area contributed by atoms with Gasteiger partial charge in [0, 0.05) is 29.7 Å². The van der Waals surface area contributed by atoms with Gasteiger partial charge in [-0.25, -0.2) is 9.78 Å². The summed E-state index contributed by atoms with van der Waals surface area (Å²) in [6, 6.07) is 22.4. The summed E-state index contributed by atoms with van der Waals surface area (Å²) in [5.74, 6) is -0.774. The van der Waals surface area contributed by atoms with Gasteiger partial charge in [-0.15, -0.1) is 0 Å². The van der Waals surface area contributed by atoms with Gasteiger partial charge >= 0.3 is 11.7 Å². The fraction of sp³-hybridized carbons (Fsp3) is 0.185. The molecule has 1 fully saturated rings. The number of benzene rings is 3. The molecule has 4 aromatic rings. The highest BCUT2D eigenvalue weighted by Crippen LogP contribution is 2.39. The molecule has 0 radical (unpaired) electrons. The number of hydrogen-bond donors (Lipinski definition) is 1. The molecule has 0 aliphatic carbocycles. The first-order chi connectivity index (χ1) is 17.5. The predicted octanol–water partition coefficient (Wildman–Crippen LogP) is 5.18. The number of nitro groups is 1. The topological polar surface area (TPSA) is 107 Å². The number of aromatic nitrogens is 1. The normalized spacial score (nSPS) is 13.4. The van der Waals surface area contributed by atoms with E-state index in [4.69, 9.17) is 14.5 Å². The summed E-state index contributed by atoms with van der Waals surface area (Å²) in [5, 5.41) is 16.3. The first-order valence-electron chi connectivity index (χ1n) is 11.5. The lowest BCUT2D eigenvalue weighted by molar-refractivity contribution is -0.384. The summed E-state index contributed by atoms with van der Waals surface area (Å²) in [4.78, 5) is 31.1. The SMILES string of the molecule is COC(=O)c1cc(N2CCOCC2)cc(Nc2cc(-c3ccccc3)nc3ccccc23)c1[N+](=O)[O-]. The first kappa shape index (κ1) is 23.3. The fourth-order valence-electron chi connectivity index (χ4n) is 4.36. The maximum absolute atomic E-state index is 12.6. The van der Waals surface area contributed by atoms with E-state index in [0.717, 1.165) is 22.2 Å². The number of ether oxygens (including phenoxy) is 2. The van der Waals surface area contributed by atoms with Crippen LogP contribution in [0.3, 0.4) is 0 Å². The zero-order chi connectivity index (χ0) is 25.1. The number of para-hydroxylation sites is 1. The van der Waals surface area contributed by atoms with Crippen LogP contribution in [0.2, 0.25) is 0 Å². The molecule has 1 aliphatic heterocycles. The molecule has 0 bridgehead atoms. The van der Waals surface area contributed by atoms with Crippen molar-refractivity contribution in [3.63, 3.8) is 0 Å². The molecule has 3 aromatic carbocycles. The number of anilines is 3. The number of fused-ring (bicyclic) bond motifs is 1. The van der Waals surface area contributed by atoms with Gasteiger partial charge in [-0.05, 0) is 24.3 Å². The third-order valence-corrected chi connectivity index (χ3v) is 6.11. The van der Waals surface area contributed by atoms with E-state index in [1.54, 1.807) is 6.07 Å². The molecule has 1 saturated heterocycles. The molecule has 0 saturated carbocycles. The summed E-state index contributed by atoms with van der Waals surface area (Å²) < 4.78 is 10.3. The lowest BCUT2D eigenvalue weighted by Crippen LogP contribution is -2.36. The Morgan fingerprint density at radius 2 is 1.75 bits per heavy atom. The van der Waals surface area contributed by atoms with Gasteiger partial charge in [-0.1, -0.05) is 48.5 Å². The van der Waals surface area contributed by atoms with Crippen molar-refractivity contribution in [2.24, 2.45) is 0 Å². The van der Waals surface area contributed by atoms with Crippen LogP contribution in [0, 0.1) is 10.1 Å². The number of nitrogens with one attached hydrogen (secondary N) is 1. The largest absolute Gasteiger partial charge is 0.465 e. The van der Waals surface area contributed by atoms with Crippen molar-refractivity contribution < 1.29 is 19.2 Å². The Morgan fingerprint density at radius 1 is 1.03 bits per heavy atom. The number of hydrogen-bond acceptors (Lipinski definition) is 8. The summed E-state index contributed by atoms with van der Waals surface area (Å²) >= 11 is 0. The molecule has 5 rings (SSSR count). The van der Waals surface area contributed by atoms with Crippen LogP contribution in [0.25, 0.3) is 22.2 Å². The van der Waals surface area contributed by atoms with Crippen molar-refractivity contribution in [3.05, 3.63) is 88.5 Å². The second-order valence-corrected chi connectivity index (χ2v) is 8.30. The van der Waals surface area contributed by atoms with E-state index in [0.29, 0.717) is 37.7 Å². The zero-order valence-electron chi connectivity index (χ0n) is 19.6. The molecule has 2 heterocycles. The Bertz CT molecular complexity index is 1440. The molecule has 1 aliphatic rings. The zero-order valence-corrected chi connectivity index (χ0v) is 19.6. The van der Waals surface area contributed by atoms with Crippen LogP contribution in [0.5, 0.6) is 0 Å². The van der Waals surface area contributed by atoms with E-state index in [-0.39, 0.29) is 16.9 Å².